The Balaban J connectivity index is 2.21. The summed E-state index contributed by atoms with van der Waals surface area (Å²) < 4.78 is 38.8. The molecule has 4 nitrogen and oxygen atoms in total. The standard InChI is InChI=1S/C17H21F3N4/c1-11-8-16(23-12(2)22-11)21-10-15(24(3)4)13-6-5-7-14(9-13)17(18,19)20/h5-9,15H,10H2,1-4H3,(H,21,22,23). The molecule has 0 fully saturated rings. The summed E-state index contributed by atoms with van der Waals surface area (Å²) in [4.78, 5) is 10.4. The van der Waals surface area contributed by atoms with Gasteiger partial charge in [0.25, 0.3) is 0 Å². The van der Waals surface area contributed by atoms with Gasteiger partial charge in [-0.05, 0) is 45.6 Å². The molecule has 0 bridgehead atoms. The van der Waals surface area contributed by atoms with Crippen molar-refractivity contribution in [2.45, 2.75) is 26.1 Å². The van der Waals surface area contributed by atoms with Crippen molar-refractivity contribution in [1.82, 2.24) is 14.9 Å². The van der Waals surface area contributed by atoms with Crippen LogP contribution in [0.2, 0.25) is 0 Å². The molecule has 130 valence electrons. The van der Waals surface area contributed by atoms with Crippen molar-refractivity contribution in [3.63, 3.8) is 0 Å². The topological polar surface area (TPSA) is 41.0 Å². The number of rotatable bonds is 5. The van der Waals surface area contributed by atoms with Crippen LogP contribution in [0.15, 0.2) is 30.3 Å². The van der Waals surface area contributed by atoms with Gasteiger partial charge in [0.05, 0.1) is 11.6 Å². The van der Waals surface area contributed by atoms with Crippen LogP contribution in [-0.4, -0.2) is 35.5 Å². The fourth-order valence-corrected chi connectivity index (χ4v) is 2.53. The zero-order valence-electron chi connectivity index (χ0n) is 14.1. The lowest BCUT2D eigenvalue weighted by Gasteiger charge is -2.26. The molecular weight excluding hydrogens is 317 g/mol. The molecule has 2 aromatic rings. The van der Waals surface area contributed by atoms with Crippen molar-refractivity contribution in [3.05, 3.63) is 53.0 Å². The molecule has 1 atom stereocenters. The van der Waals surface area contributed by atoms with E-state index in [4.69, 9.17) is 0 Å². The Morgan fingerprint density at radius 3 is 2.42 bits per heavy atom. The molecule has 1 unspecified atom stereocenters. The van der Waals surface area contributed by atoms with Gasteiger partial charge in [0.15, 0.2) is 0 Å². The van der Waals surface area contributed by atoms with E-state index >= 15 is 0 Å². The highest BCUT2D eigenvalue weighted by Gasteiger charge is 2.31. The van der Waals surface area contributed by atoms with Crippen molar-refractivity contribution >= 4 is 5.82 Å². The van der Waals surface area contributed by atoms with E-state index in [-0.39, 0.29) is 6.04 Å². The normalized spacial score (nSPS) is 13.2. The number of hydrogen-bond acceptors (Lipinski definition) is 4. The Morgan fingerprint density at radius 1 is 1.12 bits per heavy atom. The molecule has 0 saturated heterocycles. The smallest absolute Gasteiger partial charge is 0.368 e. The van der Waals surface area contributed by atoms with E-state index in [2.05, 4.69) is 15.3 Å². The molecule has 0 aliphatic rings. The molecule has 0 aliphatic carbocycles. The average Bonchev–Trinajstić information content (AvgIpc) is 2.45. The zero-order valence-corrected chi connectivity index (χ0v) is 14.1. The lowest BCUT2D eigenvalue weighted by Crippen LogP contribution is -2.27. The van der Waals surface area contributed by atoms with E-state index in [0.717, 1.165) is 11.8 Å². The van der Waals surface area contributed by atoms with Gasteiger partial charge in [0.2, 0.25) is 0 Å². The summed E-state index contributed by atoms with van der Waals surface area (Å²) >= 11 is 0. The number of anilines is 1. The van der Waals surface area contributed by atoms with Gasteiger partial charge in [-0.2, -0.15) is 13.2 Å². The predicted octanol–water partition coefficient (Wildman–Crippen LogP) is 3.83. The number of nitrogens with one attached hydrogen (secondary N) is 1. The summed E-state index contributed by atoms with van der Waals surface area (Å²) in [5, 5.41) is 3.19. The third-order valence-electron chi connectivity index (χ3n) is 3.66. The third kappa shape index (κ3) is 4.67. The number of aryl methyl sites for hydroxylation is 2. The van der Waals surface area contributed by atoms with Crippen LogP contribution < -0.4 is 5.32 Å². The molecular formula is C17H21F3N4. The van der Waals surface area contributed by atoms with Gasteiger partial charge in [-0.25, -0.2) is 9.97 Å². The van der Waals surface area contributed by atoms with E-state index < -0.39 is 11.7 Å². The highest BCUT2D eigenvalue weighted by atomic mass is 19.4. The third-order valence-corrected chi connectivity index (χ3v) is 3.66. The summed E-state index contributed by atoms with van der Waals surface area (Å²) in [7, 11) is 3.67. The Hall–Kier alpha value is -2.15. The van der Waals surface area contributed by atoms with Gasteiger partial charge >= 0.3 is 6.18 Å². The molecule has 0 radical (unpaired) electrons. The minimum atomic E-state index is -4.35. The van der Waals surface area contributed by atoms with Crippen LogP contribution in [0.5, 0.6) is 0 Å². The first-order chi connectivity index (χ1) is 11.2. The second-order valence-corrected chi connectivity index (χ2v) is 5.93. The predicted molar refractivity (Wildman–Crippen MR) is 87.9 cm³/mol. The van der Waals surface area contributed by atoms with Crippen LogP contribution in [0, 0.1) is 13.8 Å². The van der Waals surface area contributed by atoms with E-state index in [9.17, 15) is 13.2 Å². The Bertz CT molecular complexity index is 678. The SMILES string of the molecule is Cc1cc(NCC(c2cccc(C(F)(F)F)c2)N(C)C)nc(C)n1. The van der Waals surface area contributed by atoms with Gasteiger partial charge in [-0.3, -0.25) is 0 Å². The largest absolute Gasteiger partial charge is 0.416 e. The molecule has 7 heteroatoms. The van der Waals surface area contributed by atoms with E-state index in [1.807, 2.05) is 32.0 Å². The first-order valence-corrected chi connectivity index (χ1v) is 7.56. The summed E-state index contributed by atoms with van der Waals surface area (Å²) in [5.74, 6) is 1.32. The molecule has 0 spiro atoms. The number of hydrogen-bond donors (Lipinski definition) is 1. The highest BCUT2D eigenvalue weighted by molar-refractivity contribution is 5.37. The lowest BCUT2D eigenvalue weighted by molar-refractivity contribution is -0.137. The molecule has 1 heterocycles. The second kappa shape index (κ2) is 7.17. The quantitative estimate of drug-likeness (QED) is 0.900. The van der Waals surface area contributed by atoms with Gasteiger partial charge in [0, 0.05) is 18.3 Å². The molecule has 0 amide bonds. The summed E-state index contributed by atoms with van der Waals surface area (Å²) in [6, 6.07) is 7.02. The molecule has 1 aromatic heterocycles. The summed E-state index contributed by atoms with van der Waals surface area (Å²) in [6.07, 6.45) is -4.35. The zero-order chi connectivity index (χ0) is 17.9. The molecule has 0 aliphatic heterocycles. The van der Waals surface area contributed by atoms with Crippen LogP contribution in [-0.2, 0) is 6.18 Å². The Morgan fingerprint density at radius 2 is 1.83 bits per heavy atom. The van der Waals surface area contributed by atoms with Gasteiger partial charge in [-0.1, -0.05) is 12.1 Å². The van der Waals surface area contributed by atoms with Gasteiger partial charge < -0.3 is 10.2 Å². The van der Waals surface area contributed by atoms with Crippen LogP contribution in [0.25, 0.3) is 0 Å². The Kier molecular flexibility index (Phi) is 5.43. The number of halogens is 3. The van der Waals surface area contributed by atoms with Crippen molar-refractivity contribution in [2.75, 3.05) is 26.0 Å². The van der Waals surface area contributed by atoms with Crippen molar-refractivity contribution in [2.24, 2.45) is 0 Å². The molecule has 1 N–H and O–H groups in total. The number of aromatic nitrogens is 2. The van der Waals surface area contributed by atoms with Crippen molar-refractivity contribution < 1.29 is 13.2 Å². The van der Waals surface area contributed by atoms with E-state index in [1.54, 1.807) is 13.0 Å². The van der Waals surface area contributed by atoms with Crippen LogP contribution in [0.3, 0.4) is 0 Å². The van der Waals surface area contributed by atoms with E-state index in [1.165, 1.54) is 12.1 Å². The first kappa shape index (κ1) is 18.2. The number of likely N-dealkylation sites (N-methyl/N-ethyl adjacent to an activating group) is 1. The molecule has 2 rings (SSSR count). The van der Waals surface area contributed by atoms with Crippen LogP contribution in [0.4, 0.5) is 19.0 Å². The van der Waals surface area contributed by atoms with E-state index in [0.29, 0.717) is 23.8 Å². The number of nitrogens with zero attached hydrogens (tertiary/aromatic N) is 3. The van der Waals surface area contributed by atoms with Crippen LogP contribution in [0.1, 0.15) is 28.7 Å². The maximum absolute atomic E-state index is 12.9. The van der Waals surface area contributed by atoms with Gasteiger partial charge in [0.1, 0.15) is 11.6 Å². The minimum absolute atomic E-state index is 0.220. The highest BCUT2D eigenvalue weighted by Crippen LogP contribution is 2.31. The lowest BCUT2D eigenvalue weighted by atomic mass is 10.0. The van der Waals surface area contributed by atoms with Crippen LogP contribution >= 0.6 is 0 Å². The number of alkyl halides is 3. The maximum Gasteiger partial charge on any atom is 0.416 e. The summed E-state index contributed by atoms with van der Waals surface area (Å²) in [5.41, 5.74) is 0.802. The molecule has 1 aromatic carbocycles. The first-order valence-electron chi connectivity index (χ1n) is 7.56. The fourth-order valence-electron chi connectivity index (χ4n) is 2.53. The monoisotopic (exact) mass is 338 g/mol. The second-order valence-electron chi connectivity index (χ2n) is 5.93. The average molecular weight is 338 g/mol. The Labute approximate surface area is 139 Å². The molecule has 0 saturated carbocycles. The molecule has 24 heavy (non-hydrogen) atoms. The van der Waals surface area contributed by atoms with Crippen molar-refractivity contribution in [3.8, 4) is 0 Å². The van der Waals surface area contributed by atoms with Gasteiger partial charge in [-0.15, -0.1) is 0 Å². The summed E-state index contributed by atoms with van der Waals surface area (Å²) in [6.45, 7) is 4.11. The van der Waals surface area contributed by atoms with Crippen molar-refractivity contribution in [1.29, 1.82) is 0 Å². The minimum Gasteiger partial charge on any atom is -0.368 e. The number of benzene rings is 1. The fraction of sp³-hybridized carbons (Fsp3) is 0.412. The maximum atomic E-state index is 12.9.